The molecule has 0 spiro atoms. The van der Waals surface area contributed by atoms with Crippen LogP contribution in [0.25, 0.3) is 0 Å². The minimum Gasteiger partial charge on any atom is -0.391 e. The Kier molecular flexibility index (Phi) is 5.39. The molecule has 1 saturated heterocycles. The van der Waals surface area contributed by atoms with Gasteiger partial charge in [-0.05, 0) is 19.3 Å². The lowest BCUT2D eigenvalue weighted by atomic mass is 10.1. The first-order valence-electron chi connectivity index (χ1n) is 6.14. The maximum Gasteiger partial charge on any atom is 0.238 e. The van der Waals surface area contributed by atoms with Crippen LogP contribution in [0.15, 0.2) is 0 Å². The zero-order valence-corrected chi connectivity index (χ0v) is 11.0. The lowest BCUT2D eigenvalue weighted by Crippen LogP contribution is -2.45. The van der Waals surface area contributed by atoms with E-state index in [-0.39, 0.29) is 12.3 Å². The van der Waals surface area contributed by atoms with Gasteiger partial charge in [0, 0.05) is 6.54 Å². The minimum atomic E-state index is -3.28. The van der Waals surface area contributed by atoms with Crippen LogP contribution in [-0.2, 0) is 14.6 Å². The Balaban J connectivity index is 2.46. The number of hydrogen-bond donors (Lipinski definition) is 2. The molecular weight excluding hydrogens is 242 g/mol. The molecule has 1 rings (SSSR count). The van der Waals surface area contributed by atoms with Crippen LogP contribution in [0.1, 0.15) is 39.0 Å². The Hall–Kier alpha value is -0.620. The second-order valence-electron chi connectivity index (χ2n) is 4.54. The first kappa shape index (κ1) is 14.4. The number of aliphatic hydroxyl groups excluding tert-OH is 1. The molecule has 1 aliphatic rings. The maximum absolute atomic E-state index is 11.7. The second-order valence-corrected chi connectivity index (χ2v) is 6.84. The summed E-state index contributed by atoms with van der Waals surface area (Å²) in [5.41, 5.74) is 0. The standard InChI is InChI=1S/C11H21NO4S/c1-2-5-9(13)8-12-11(14)10-6-3-4-7-17(10,15)16/h9-10,13H,2-8H2,1H3,(H,12,14). The summed E-state index contributed by atoms with van der Waals surface area (Å²) >= 11 is 0. The monoisotopic (exact) mass is 263 g/mol. The highest BCUT2D eigenvalue weighted by Gasteiger charge is 2.34. The third-order valence-electron chi connectivity index (χ3n) is 3.00. The Morgan fingerprint density at radius 2 is 2.18 bits per heavy atom. The largest absolute Gasteiger partial charge is 0.391 e. The molecule has 100 valence electrons. The smallest absolute Gasteiger partial charge is 0.238 e. The number of nitrogens with one attached hydrogen (secondary N) is 1. The molecule has 17 heavy (non-hydrogen) atoms. The highest BCUT2D eigenvalue weighted by Crippen LogP contribution is 2.19. The van der Waals surface area contributed by atoms with E-state index in [0.29, 0.717) is 19.3 Å². The van der Waals surface area contributed by atoms with Gasteiger partial charge in [-0.2, -0.15) is 0 Å². The third kappa shape index (κ3) is 4.27. The molecule has 0 bridgehead atoms. The Morgan fingerprint density at radius 3 is 2.76 bits per heavy atom. The van der Waals surface area contributed by atoms with E-state index in [2.05, 4.69) is 5.32 Å². The maximum atomic E-state index is 11.7. The van der Waals surface area contributed by atoms with Gasteiger partial charge in [-0.15, -0.1) is 0 Å². The van der Waals surface area contributed by atoms with Gasteiger partial charge in [0.25, 0.3) is 0 Å². The number of amides is 1. The van der Waals surface area contributed by atoms with Crippen molar-refractivity contribution in [2.24, 2.45) is 0 Å². The molecule has 1 fully saturated rings. The Labute approximate surface area is 103 Å². The quantitative estimate of drug-likeness (QED) is 0.744. The number of sulfone groups is 1. The molecular formula is C11H21NO4S. The van der Waals surface area contributed by atoms with Crippen LogP contribution in [-0.4, -0.2) is 43.1 Å². The summed E-state index contributed by atoms with van der Waals surface area (Å²) in [5, 5.41) is 11.1. The molecule has 5 nitrogen and oxygen atoms in total. The number of hydrogen-bond acceptors (Lipinski definition) is 4. The number of rotatable bonds is 5. The number of aliphatic hydroxyl groups is 1. The zero-order valence-electron chi connectivity index (χ0n) is 10.2. The highest BCUT2D eigenvalue weighted by atomic mass is 32.2. The molecule has 1 amide bonds. The van der Waals surface area contributed by atoms with Gasteiger partial charge in [-0.3, -0.25) is 4.79 Å². The predicted molar refractivity (Wildman–Crippen MR) is 65.4 cm³/mol. The van der Waals surface area contributed by atoms with Crippen LogP contribution >= 0.6 is 0 Å². The molecule has 1 aliphatic heterocycles. The molecule has 2 unspecified atom stereocenters. The van der Waals surface area contributed by atoms with Crippen LogP contribution in [0.4, 0.5) is 0 Å². The van der Waals surface area contributed by atoms with E-state index in [4.69, 9.17) is 0 Å². The molecule has 0 aromatic carbocycles. The molecule has 0 saturated carbocycles. The lowest BCUT2D eigenvalue weighted by Gasteiger charge is -2.22. The minimum absolute atomic E-state index is 0.0998. The van der Waals surface area contributed by atoms with Gasteiger partial charge in [0.1, 0.15) is 5.25 Å². The van der Waals surface area contributed by atoms with Crippen molar-refractivity contribution in [2.75, 3.05) is 12.3 Å². The van der Waals surface area contributed by atoms with E-state index >= 15 is 0 Å². The van der Waals surface area contributed by atoms with Crippen LogP contribution in [0, 0.1) is 0 Å². The number of carbonyl (C=O) groups is 1. The van der Waals surface area contributed by atoms with Crippen LogP contribution in [0.5, 0.6) is 0 Å². The van der Waals surface area contributed by atoms with Crippen LogP contribution < -0.4 is 5.32 Å². The van der Waals surface area contributed by atoms with Gasteiger partial charge in [-0.1, -0.05) is 19.8 Å². The van der Waals surface area contributed by atoms with Gasteiger partial charge in [0.2, 0.25) is 5.91 Å². The average molecular weight is 263 g/mol. The fourth-order valence-electron chi connectivity index (χ4n) is 2.02. The molecule has 2 N–H and O–H groups in total. The van der Waals surface area contributed by atoms with E-state index in [1.165, 1.54) is 0 Å². The topological polar surface area (TPSA) is 83.5 Å². The SMILES string of the molecule is CCCC(O)CNC(=O)C1CCCCS1(=O)=O. The van der Waals surface area contributed by atoms with Gasteiger partial charge in [0.05, 0.1) is 11.9 Å². The molecule has 0 aliphatic carbocycles. The van der Waals surface area contributed by atoms with Gasteiger partial charge < -0.3 is 10.4 Å². The summed E-state index contributed by atoms with van der Waals surface area (Å²) in [5.74, 6) is -0.359. The van der Waals surface area contributed by atoms with Gasteiger partial charge >= 0.3 is 0 Å². The Bertz CT molecular complexity index is 352. The van der Waals surface area contributed by atoms with E-state index < -0.39 is 27.1 Å². The number of carbonyl (C=O) groups excluding carboxylic acids is 1. The van der Waals surface area contributed by atoms with E-state index in [0.717, 1.165) is 12.8 Å². The van der Waals surface area contributed by atoms with Crippen LogP contribution in [0.3, 0.4) is 0 Å². The van der Waals surface area contributed by atoms with Gasteiger partial charge in [-0.25, -0.2) is 8.42 Å². The lowest BCUT2D eigenvalue weighted by molar-refractivity contribution is -0.121. The van der Waals surface area contributed by atoms with E-state index in [9.17, 15) is 18.3 Å². The molecule has 0 radical (unpaired) electrons. The molecule has 0 aromatic rings. The van der Waals surface area contributed by atoms with Crippen molar-refractivity contribution in [1.29, 1.82) is 0 Å². The summed E-state index contributed by atoms with van der Waals surface area (Å²) in [4.78, 5) is 11.7. The van der Waals surface area contributed by atoms with Crippen molar-refractivity contribution >= 4 is 15.7 Å². The zero-order chi connectivity index (χ0) is 12.9. The summed E-state index contributed by atoms with van der Waals surface area (Å²) < 4.78 is 23.3. The third-order valence-corrected chi connectivity index (χ3v) is 5.18. The summed E-state index contributed by atoms with van der Waals surface area (Å²) in [6.45, 7) is 2.08. The normalized spacial score (nSPS) is 25.2. The summed E-state index contributed by atoms with van der Waals surface area (Å²) in [6.07, 6.45) is 2.67. The first-order valence-corrected chi connectivity index (χ1v) is 7.86. The van der Waals surface area contributed by atoms with Crippen molar-refractivity contribution in [3.8, 4) is 0 Å². The van der Waals surface area contributed by atoms with Crippen LogP contribution in [0.2, 0.25) is 0 Å². The first-order chi connectivity index (χ1) is 7.97. The van der Waals surface area contributed by atoms with Crippen molar-refractivity contribution in [3.63, 3.8) is 0 Å². The predicted octanol–water partition coefficient (Wildman–Crippen LogP) is 0.231. The van der Waals surface area contributed by atoms with E-state index in [1.807, 2.05) is 6.92 Å². The van der Waals surface area contributed by atoms with Crippen molar-refractivity contribution < 1.29 is 18.3 Å². The Morgan fingerprint density at radius 1 is 1.47 bits per heavy atom. The van der Waals surface area contributed by atoms with Gasteiger partial charge in [0.15, 0.2) is 9.84 Å². The molecule has 0 aromatic heterocycles. The molecule has 2 atom stereocenters. The van der Waals surface area contributed by atoms with Crippen molar-refractivity contribution in [3.05, 3.63) is 0 Å². The summed E-state index contributed by atoms with van der Waals surface area (Å²) in [6, 6.07) is 0. The second kappa shape index (κ2) is 6.35. The van der Waals surface area contributed by atoms with Crippen molar-refractivity contribution in [2.45, 2.75) is 50.4 Å². The summed E-state index contributed by atoms with van der Waals surface area (Å²) in [7, 11) is -3.28. The highest BCUT2D eigenvalue weighted by molar-refractivity contribution is 7.92. The fraction of sp³-hybridized carbons (Fsp3) is 0.909. The van der Waals surface area contributed by atoms with Crippen molar-refractivity contribution in [1.82, 2.24) is 5.32 Å². The fourth-order valence-corrected chi connectivity index (χ4v) is 3.84. The molecule has 6 heteroatoms. The average Bonchev–Trinajstić information content (AvgIpc) is 2.26. The van der Waals surface area contributed by atoms with E-state index in [1.54, 1.807) is 0 Å². The molecule has 1 heterocycles.